The Kier molecular flexibility index (Phi) is 4.37. The topological polar surface area (TPSA) is 55.0 Å². The van der Waals surface area contributed by atoms with E-state index in [2.05, 4.69) is 10.2 Å². The predicted octanol–water partition coefficient (Wildman–Crippen LogP) is 1.88. The van der Waals surface area contributed by atoms with Gasteiger partial charge in [-0.1, -0.05) is 11.3 Å². The number of aromatic nitrogens is 2. The van der Waals surface area contributed by atoms with E-state index in [-0.39, 0.29) is 24.4 Å². The van der Waals surface area contributed by atoms with Gasteiger partial charge in [0, 0.05) is 13.1 Å². The van der Waals surface area contributed by atoms with Crippen LogP contribution in [0.3, 0.4) is 0 Å². The van der Waals surface area contributed by atoms with Gasteiger partial charge in [-0.15, -0.1) is 10.2 Å². The standard InChI is InChI=1S/C7H8F6N4S/c8-6(9,10)3-17(2-1-14)5-16-15-4(18-5)7(11,12)13/h1-3,14H2. The van der Waals surface area contributed by atoms with Gasteiger partial charge in [-0.05, 0) is 0 Å². The molecule has 18 heavy (non-hydrogen) atoms. The number of nitrogens with zero attached hydrogens (tertiary/aromatic N) is 3. The molecule has 0 bridgehead atoms. The van der Waals surface area contributed by atoms with Crippen LogP contribution in [0.5, 0.6) is 0 Å². The first-order chi connectivity index (χ1) is 8.13. The van der Waals surface area contributed by atoms with Crippen LogP contribution in [0.2, 0.25) is 0 Å². The number of halogens is 6. The molecular formula is C7H8F6N4S. The Morgan fingerprint density at radius 2 is 1.72 bits per heavy atom. The second kappa shape index (κ2) is 5.26. The Labute approximate surface area is 101 Å². The summed E-state index contributed by atoms with van der Waals surface area (Å²) in [4.78, 5) is 0.618. The molecule has 0 aliphatic rings. The van der Waals surface area contributed by atoms with E-state index in [1.165, 1.54) is 0 Å². The van der Waals surface area contributed by atoms with Gasteiger partial charge in [0.1, 0.15) is 6.54 Å². The lowest BCUT2D eigenvalue weighted by Gasteiger charge is -2.21. The summed E-state index contributed by atoms with van der Waals surface area (Å²) >= 11 is 0.0517. The highest BCUT2D eigenvalue weighted by Gasteiger charge is 2.37. The molecule has 0 aliphatic carbocycles. The molecule has 0 saturated carbocycles. The summed E-state index contributed by atoms with van der Waals surface area (Å²) in [5, 5.41) is 4.18. The third-order valence-electron chi connectivity index (χ3n) is 1.70. The highest BCUT2D eigenvalue weighted by molar-refractivity contribution is 7.15. The van der Waals surface area contributed by atoms with Crippen LogP contribution >= 0.6 is 11.3 Å². The lowest BCUT2D eigenvalue weighted by molar-refractivity contribution is -0.138. The Bertz CT molecular complexity index is 386. The average molecular weight is 294 g/mol. The zero-order valence-electron chi connectivity index (χ0n) is 8.72. The lowest BCUT2D eigenvalue weighted by Crippen LogP contribution is -2.37. The third kappa shape index (κ3) is 4.29. The lowest BCUT2D eigenvalue weighted by atomic mass is 10.5. The maximum atomic E-state index is 12.2. The van der Waals surface area contributed by atoms with Crippen LogP contribution in [0.15, 0.2) is 0 Å². The fourth-order valence-corrected chi connectivity index (χ4v) is 1.81. The average Bonchev–Trinajstić information content (AvgIpc) is 2.62. The van der Waals surface area contributed by atoms with E-state index in [0.717, 1.165) is 0 Å². The Morgan fingerprint density at radius 1 is 1.11 bits per heavy atom. The summed E-state index contributed by atoms with van der Waals surface area (Å²) < 4.78 is 73.3. The first-order valence-corrected chi connectivity index (χ1v) is 5.37. The molecule has 1 rings (SSSR count). The molecule has 0 spiro atoms. The summed E-state index contributed by atoms with van der Waals surface area (Å²) in [6, 6.07) is 0. The van der Waals surface area contributed by atoms with E-state index in [0.29, 0.717) is 4.90 Å². The predicted molar refractivity (Wildman–Crippen MR) is 52.2 cm³/mol. The van der Waals surface area contributed by atoms with Crippen LogP contribution in [0.25, 0.3) is 0 Å². The molecule has 1 heterocycles. The van der Waals surface area contributed by atoms with Crippen molar-refractivity contribution in [3.63, 3.8) is 0 Å². The molecule has 104 valence electrons. The maximum Gasteiger partial charge on any atom is 0.445 e. The Balaban J connectivity index is 2.89. The molecule has 0 atom stereocenters. The molecule has 0 amide bonds. The molecule has 11 heteroatoms. The van der Waals surface area contributed by atoms with Crippen molar-refractivity contribution in [1.29, 1.82) is 0 Å². The SMILES string of the molecule is NCCN(CC(F)(F)F)c1nnc(C(F)(F)F)s1. The van der Waals surface area contributed by atoms with E-state index >= 15 is 0 Å². The van der Waals surface area contributed by atoms with Crippen LogP contribution < -0.4 is 10.6 Å². The van der Waals surface area contributed by atoms with Gasteiger partial charge in [-0.2, -0.15) is 26.3 Å². The number of nitrogens with two attached hydrogens (primary N) is 1. The van der Waals surface area contributed by atoms with Gasteiger partial charge in [-0.3, -0.25) is 0 Å². The van der Waals surface area contributed by atoms with Crippen molar-refractivity contribution in [3.05, 3.63) is 5.01 Å². The number of hydrogen-bond donors (Lipinski definition) is 1. The van der Waals surface area contributed by atoms with Crippen molar-refractivity contribution < 1.29 is 26.3 Å². The summed E-state index contributed by atoms with van der Waals surface area (Å²) in [6.07, 6.45) is -9.28. The van der Waals surface area contributed by atoms with Gasteiger partial charge in [0.2, 0.25) is 10.1 Å². The number of hydrogen-bond acceptors (Lipinski definition) is 5. The molecule has 0 aromatic carbocycles. The fourth-order valence-electron chi connectivity index (χ4n) is 1.07. The number of anilines is 1. The van der Waals surface area contributed by atoms with E-state index in [1.807, 2.05) is 0 Å². The molecule has 0 radical (unpaired) electrons. The smallest absolute Gasteiger partial charge is 0.336 e. The molecule has 2 N–H and O–H groups in total. The minimum Gasteiger partial charge on any atom is -0.336 e. The zero-order chi connectivity index (χ0) is 14.0. The molecule has 1 aromatic rings. The van der Waals surface area contributed by atoms with E-state index in [4.69, 9.17) is 5.73 Å². The first-order valence-electron chi connectivity index (χ1n) is 4.56. The minimum atomic E-state index is -4.72. The van der Waals surface area contributed by atoms with Gasteiger partial charge in [0.05, 0.1) is 0 Å². The Morgan fingerprint density at radius 3 is 2.11 bits per heavy atom. The monoisotopic (exact) mass is 294 g/mol. The van der Waals surface area contributed by atoms with Crippen molar-refractivity contribution >= 4 is 16.5 Å². The van der Waals surface area contributed by atoms with Crippen LogP contribution in [0.1, 0.15) is 5.01 Å². The van der Waals surface area contributed by atoms with Gasteiger partial charge in [-0.25, -0.2) is 0 Å². The highest BCUT2D eigenvalue weighted by atomic mass is 32.1. The zero-order valence-corrected chi connectivity index (χ0v) is 9.53. The van der Waals surface area contributed by atoms with Crippen LogP contribution in [0, 0.1) is 0 Å². The summed E-state index contributed by atoms with van der Waals surface area (Å²) in [6.45, 7) is -1.82. The molecule has 0 aliphatic heterocycles. The van der Waals surface area contributed by atoms with Crippen molar-refractivity contribution in [2.24, 2.45) is 5.73 Å². The summed E-state index contributed by atoms with van der Waals surface area (Å²) in [7, 11) is 0. The molecule has 0 unspecified atom stereocenters. The fraction of sp³-hybridized carbons (Fsp3) is 0.714. The highest BCUT2D eigenvalue weighted by Crippen LogP contribution is 2.34. The number of alkyl halides is 6. The van der Waals surface area contributed by atoms with E-state index in [1.54, 1.807) is 0 Å². The van der Waals surface area contributed by atoms with Crippen LogP contribution in [-0.4, -0.2) is 36.0 Å². The second-order valence-electron chi connectivity index (χ2n) is 3.21. The number of rotatable bonds is 4. The van der Waals surface area contributed by atoms with E-state index < -0.39 is 29.0 Å². The largest absolute Gasteiger partial charge is 0.445 e. The Hall–Kier alpha value is -1.10. The quantitative estimate of drug-likeness (QED) is 0.862. The van der Waals surface area contributed by atoms with Gasteiger partial charge >= 0.3 is 12.4 Å². The summed E-state index contributed by atoms with van der Waals surface area (Å²) in [5.41, 5.74) is 5.10. The minimum absolute atomic E-state index is 0.0517. The summed E-state index contributed by atoms with van der Waals surface area (Å²) in [5.74, 6) is 0. The van der Waals surface area contributed by atoms with E-state index in [9.17, 15) is 26.3 Å². The van der Waals surface area contributed by atoms with Gasteiger partial charge in [0.15, 0.2) is 0 Å². The molecular weight excluding hydrogens is 286 g/mol. The van der Waals surface area contributed by atoms with Gasteiger partial charge in [0.25, 0.3) is 0 Å². The van der Waals surface area contributed by atoms with Gasteiger partial charge < -0.3 is 10.6 Å². The van der Waals surface area contributed by atoms with Crippen molar-refractivity contribution in [2.45, 2.75) is 12.4 Å². The van der Waals surface area contributed by atoms with Crippen LogP contribution in [0.4, 0.5) is 31.5 Å². The van der Waals surface area contributed by atoms with Crippen LogP contribution in [-0.2, 0) is 6.18 Å². The maximum absolute atomic E-state index is 12.2. The normalized spacial score (nSPS) is 12.8. The molecule has 0 saturated heterocycles. The van der Waals surface area contributed by atoms with Crippen molar-refractivity contribution in [3.8, 4) is 0 Å². The van der Waals surface area contributed by atoms with Crippen molar-refractivity contribution in [2.75, 3.05) is 24.5 Å². The molecule has 4 nitrogen and oxygen atoms in total. The first kappa shape index (κ1) is 15.0. The van der Waals surface area contributed by atoms with Crippen molar-refractivity contribution in [1.82, 2.24) is 10.2 Å². The molecule has 1 aromatic heterocycles. The second-order valence-corrected chi connectivity index (χ2v) is 4.17. The third-order valence-corrected chi connectivity index (χ3v) is 2.73. The molecule has 0 fully saturated rings.